The molecule has 0 aromatic heterocycles. The van der Waals surface area contributed by atoms with Crippen LogP contribution >= 0.6 is 0 Å². The molecule has 0 spiro atoms. The minimum Gasteiger partial charge on any atom is -0.507 e. The van der Waals surface area contributed by atoms with E-state index in [0.29, 0.717) is 0 Å². The Morgan fingerprint density at radius 3 is 1.16 bits per heavy atom. The molecule has 0 amide bonds. The van der Waals surface area contributed by atoms with Crippen molar-refractivity contribution in [3.8, 4) is 51.7 Å². The fourth-order valence-corrected chi connectivity index (χ4v) is 5.90. The fraction of sp³-hybridized carbons (Fsp3) is 0.432. The van der Waals surface area contributed by atoms with Crippen molar-refractivity contribution in [2.24, 2.45) is 17.8 Å². The van der Waals surface area contributed by atoms with Gasteiger partial charge in [0.05, 0.1) is 21.3 Å². The highest BCUT2D eigenvalue weighted by Gasteiger charge is 2.35. The summed E-state index contributed by atoms with van der Waals surface area (Å²) in [5.41, 5.74) is -1.49. The molecule has 0 aliphatic rings. The third-order valence-electron chi connectivity index (χ3n) is 8.69. The van der Waals surface area contributed by atoms with Crippen molar-refractivity contribution >= 4 is 17.3 Å². The maximum Gasteiger partial charge on any atom is 0.172 e. The van der Waals surface area contributed by atoms with Gasteiger partial charge in [-0.3, -0.25) is 14.4 Å². The molecule has 12 heteroatoms. The average Bonchev–Trinajstić information content (AvgIpc) is 3.04. The molecule has 0 heterocycles. The SMILES string of the molecule is COc1c(C)c(O)c(Cc2c(O)c(Cc3c(O)c(C)c(OC)c(C(=O)C(C)C)c3OC)c(O)c(C(=O)C(C)C)c2O)c(O)c1C(=O)C(C)C. The average molecular weight is 683 g/mol. The number of ether oxygens (including phenoxy) is 3. The normalized spacial score (nSPS) is 11.4. The van der Waals surface area contributed by atoms with E-state index in [1.165, 1.54) is 49.0 Å². The summed E-state index contributed by atoms with van der Waals surface area (Å²) in [6.07, 6.45) is -1.13. The van der Waals surface area contributed by atoms with Gasteiger partial charge in [-0.2, -0.15) is 0 Å². The predicted molar refractivity (Wildman–Crippen MR) is 182 cm³/mol. The van der Waals surface area contributed by atoms with E-state index in [1.54, 1.807) is 27.7 Å². The van der Waals surface area contributed by atoms with E-state index >= 15 is 0 Å². The number of Topliss-reactive ketones (excluding diaryl/α,β-unsaturated/α-hetero) is 3. The molecule has 3 aromatic carbocycles. The number of carbonyl (C=O) groups is 3. The zero-order valence-electron chi connectivity index (χ0n) is 29.8. The number of hydrogen-bond acceptors (Lipinski definition) is 12. The van der Waals surface area contributed by atoms with Crippen LogP contribution in [0.25, 0.3) is 0 Å². The summed E-state index contributed by atoms with van der Waals surface area (Å²) in [5.74, 6) is -7.41. The Labute approximate surface area is 285 Å². The van der Waals surface area contributed by atoms with Crippen molar-refractivity contribution in [1.29, 1.82) is 0 Å². The smallest absolute Gasteiger partial charge is 0.172 e. The Bertz CT molecular complexity index is 1830. The number of aromatic hydroxyl groups is 6. The second-order valence-corrected chi connectivity index (χ2v) is 12.9. The first-order valence-corrected chi connectivity index (χ1v) is 15.8. The summed E-state index contributed by atoms with van der Waals surface area (Å²) >= 11 is 0. The molecule has 0 bridgehead atoms. The number of benzene rings is 3. The zero-order chi connectivity index (χ0) is 37.4. The van der Waals surface area contributed by atoms with Gasteiger partial charge < -0.3 is 44.8 Å². The zero-order valence-corrected chi connectivity index (χ0v) is 29.8. The van der Waals surface area contributed by atoms with Gasteiger partial charge in [0, 0.05) is 64.0 Å². The second-order valence-electron chi connectivity index (χ2n) is 12.9. The van der Waals surface area contributed by atoms with Gasteiger partial charge in [0.1, 0.15) is 68.4 Å². The maximum absolute atomic E-state index is 13.4. The highest BCUT2D eigenvalue weighted by Crippen LogP contribution is 2.51. The van der Waals surface area contributed by atoms with Crippen LogP contribution in [-0.2, 0) is 12.8 Å². The Morgan fingerprint density at radius 1 is 0.449 bits per heavy atom. The van der Waals surface area contributed by atoms with Crippen molar-refractivity contribution in [3.05, 3.63) is 50.1 Å². The molecule has 0 radical (unpaired) electrons. The standard InChI is InChI=1S/C37H46O12/c1-14(2)26(38)23-32(44)20(12-19-29(41)17(7)35(47-9)24(34(19)46)27(39)15(3)4)31(43)21(33(23)45)13-22-30(42)18(8)36(48-10)25(37(22)49-11)28(40)16(5)6/h14-16,41-46H,12-13H2,1-11H3. The second kappa shape index (κ2) is 14.6. The number of ketones is 3. The van der Waals surface area contributed by atoms with Gasteiger partial charge >= 0.3 is 0 Å². The number of hydrogen-bond donors (Lipinski definition) is 6. The van der Waals surface area contributed by atoms with Gasteiger partial charge in [-0.1, -0.05) is 41.5 Å². The first-order chi connectivity index (χ1) is 22.8. The first kappa shape index (κ1) is 38.3. The van der Waals surface area contributed by atoms with Crippen LogP contribution in [-0.4, -0.2) is 69.3 Å². The molecule has 0 saturated heterocycles. The van der Waals surface area contributed by atoms with Crippen molar-refractivity contribution in [2.45, 2.75) is 68.2 Å². The van der Waals surface area contributed by atoms with E-state index in [1.807, 2.05) is 0 Å². The fourth-order valence-electron chi connectivity index (χ4n) is 5.90. The topological polar surface area (TPSA) is 200 Å². The minimum atomic E-state index is -0.820. The third kappa shape index (κ3) is 6.51. The van der Waals surface area contributed by atoms with Crippen LogP contribution in [0.1, 0.15) is 106 Å². The molecule has 3 aromatic rings. The van der Waals surface area contributed by atoms with Crippen LogP contribution in [0.4, 0.5) is 0 Å². The lowest BCUT2D eigenvalue weighted by Gasteiger charge is -2.24. The van der Waals surface area contributed by atoms with E-state index in [9.17, 15) is 45.0 Å². The molecule has 0 unspecified atom stereocenters. The molecule has 49 heavy (non-hydrogen) atoms. The van der Waals surface area contributed by atoms with Crippen LogP contribution in [0, 0.1) is 31.6 Å². The molecule has 0 fully saturated rings. The summed E-state index contributed by atoms with van der Waals surface area (Å²) in [5, 5.41) is 68.6. The summed E-state index contributed by atoms with van der Waals surface area (Å²) in [6, 6.07) is 0. The quantitative estimate of drug-likeness (QED) is 0.111. The number of rotatable bonds is 13. The van der Waals surface area contributed by atoms with E-state index in [0.717, 1.165) is 0 Å². The van der Waals surface area contributed by atoms with Crippen molar-refractivity contribution < 1.29 is 59.2 Å². The lowest BCUT2D eigenvalue weighted by atomic mass is 9.85. The Morgan fingerprint density at radius 2 is 0.755 bits per heavy atom. The van der Waals surface area contributed by atoms with E-state index in [-0.39, 0.29) is 73.3 Å². The summed E-state index contributed by atoms with van der Waals surface area (Å²) in [6.45, 7) is 12.6. The molecular formula is C37H46O12. The molecule has 266 valence electrons. The van der Waals surface area contributed by atoms with Crippen LogP contribution in [0.15, 0.2) is 0 Å². The van der Waals surface area contributed by atoms with E-state index in [4.69, 9.17) is 14.2 Å². The van der Waals surface area contributed by atoms with Crippen molar-refractivity contribution in [1.82, 2.24) is 0 Å². The van der Waals surface area contributed by atoms with Crippen molar-refractivity contribution in [2.75, 3.05) is 21.3 Å². The molecule has 0 aliphatic carbocycles. The first-order valence-electron chi connectivity index (χ1n) is 15.8. The monoisotopic (exact) mass is 682 g/mol. The van der Waals surface area contributed by atoms with Crippen LogP contribution < -0.4 is 14.2 Å². The van der Waals surface area contributed by atoms with Gasteiger partial charge in [0.15, 0.2) is 17.3 Å². The van der Waals surface area contributed by atoms with E-state index < -0.39 is 76.5 Å². The third-order valence-corrected chi connectivity index (χ3v) is 8.69. The van der Waals surface area contributed by atoms with Crippen LogP contribution in [0.2, 0.25) is 0 Å². The molecule has 0 atom stereocenters. The Balaban J connectivity index is 2.49. The Kier molecular flexibility index (Phi) is 11.4. The lowest BCUT2D eigenvalue weighted by molar-refractivity contribution is 0.0925. The molecule has 0 aliphatic heterocycles. The Hall–Kier alpha value is -5.13. The number of methoxy groups -OCH3 is 3. The van der Waals surface area contributed by atoms with E-state index in [2.05, 4.69) is 0 Å². The van der Waals surface area contributed by atoms with Gasteiger partial charge in [0.25, 0.3) is 0 Å². The molecule has 12 nitrogen and oxygen atoms in total. The molecule has 0 saturated carbocycles. The van der Waals surface area contributed by atoms with Crippen LogP contribution in [0.5, 0.6) is 51.7 Å². The van der Waals surface area contributed by atoms with Gasteiger partial charge in [-0.05, 0) is 13.8 Å². The lowest BCUT2D eigenvalue weighted by Crippen LogP contribution is -2.15. The van der Waals surface area contributed by atoms with Gasteiger partial charge in [-0.25, -0.2) is 0 Å². The van der Waals surface area contributed by atoms with Crippen LogP contribution in [0.3, 0.4) is 0 Å². The largest absolute Gasteiger partial charge is 0.507 e. The molecule has 3 rings (SSSR count). The summed E-state index contributed by atoms with van der Waals surface area (Å²) < 4.78 is 16.4. The highest BCUT2D eigenvalue weighted by atomic mass is 16.5. The van der Waals surface area contributed by atoms with Gasteiger partial charge in [-0.15, -0.1) is 0 Å². The van der Waals surface area contributed by atoms with Crippen molar-refractivity contribution in [3.63, 3.8) is 0 Å². The number of carbonyl (C=O) groups excluding carboxylic acids is 3. The number of phenolic OH excluding ortho intramolecular Hbond substituents is 6. The maximum atomic E-state index is 13.4. The van der Waals surface area contributed by atoms with Gasteiger partial charge in [0.2, 0.25) is 0 Å². The minimum absolute atomic E-state index is 0.0210. The number of phenols is 6. The highest BCUT2D eigenvalue weighted by molar-refractivity contribution is 6.06. The molecular weight excluding hydrogens is 636 g/mol. The summed E-state index contributed by atoms with van der Waals surface area (Å²) in [7, 11) is 3.88. The predicted octanol–water partition coefficient (Wildman–Crippen LogP) is 6.26. The molecule has 6 N–H and O–H groups in total. The summed E-state index contributed by atoms with van der Waals surface area (Å²) in [4.78, 5) is 40.0.